The summed E-state index contributed by atoms with van der Waals surface area (Å²) >= 11 is 5.79. The molecule has 3 atom stereocenters. The number of piperidine rings is 1. The number of likely N-dealkylation sites (tertiary alicyclic amines) is 1. The lowest BCUT2D eigenvalue weighted by molar-refractivity contribution is -0.140. The zero-order valence-corrected chi connectivity index (χ0v) is 10.9. The van der Waals surface area contributed by atoms with Crippen molar-refractivity contribution in [1.29, 1.82) is 0 Å². The summed E-state index contributed by atoms with van der Waals surface area (Å²) in [5, 5.41) is 0. The Bertz CT molecular complexity index is 254. The van der Waals surface area contributed by atoms with Gasteiger partial charge in [0.05, 0.1) is 0 Å². The molecule has 0 radical (unpaired) electrons. The van der Waals surface area contributed by atoms with Crippen molar-refractivity contribution >= 4 is 17.5 Å². The Labute approximate surface area is 103 Å². The van der Waals surface area contributed by atoms with Crippen molar-refractivity contribution in [3.8, 4) is 0 Å². The number of hydrogen-bond donors (Lipinski definition) is 0. The monoisotopic (exact) mass is 243 g/mol. The average Bonchev–Trinajstić information content (AvgIpc) is 2.36. The number of nitrogens with zero attached hydrogens (tertiary/aromatic N) is 1. The number of carbonyl (C=O) groups excluding carboxylic acids is 1. The fourth-order valence-electron chi connectivity index (χ4n) is 3.25. The van der Waals surface area contributed by atoms with Crippen LogP contribution in [0.2, 0.25) is 0 Å². The highest BCUT2D eigenvalue weighted by Crippen LogP contribution is 2.35. The molecule has 2 rings (SSSR count). The van der Waals surface area contributed by atoms with Crippen LogP contribution in [0.1, 0.15) is 45.4 Å². The van der Waals surface area contributed by atoms with Gasteiger partial charge in [0.15, 0.2) is 0 Å². The second-order valence-electron chi connectivity index (χ2n) is 5.34. The van der Waals surface area contributed by atoms with Crippen LogP contribution in [-0.2, 0) is 4.79 Å². The largest absolute Gasteiger partial charge is 0.339 e. The van der Waals surface area contributed by atoms with Gasteiger partial charge in [0, 0.05) is 24.4 Å². The summed E-state index contributed by atoms with van der Waals surface area (Å²) in [4.78, 5) is 14.4. The molecule has 1 heterocycles. The van der Waals surface area contributed by atoms with Gasteiger partial charge in [-0.25, -0.2) is 0 Å². The topological polar surface area (TPSA) is 20.3 Å². The lowest BCUT2D eigenvalue weighted by atomic mass is 9.78. The number of fused-ring (bicyclic) bond motifs is 1. The average molecular weight is 244 g/mol. The Kier molecular flexibility index (Phi) is 4.12. The predicted molar refractivity (Wildman–Crippen MR) is 66.6 cm³/mol. The Morgan fingerprint density at radius 1 is 1.31 bits per heavy atom. The third kappa shape index (κ3) is 2.37. The molecule has 1 saturated heterocycles. The molecule has 0 aromatic carbocycles. The van der Waals surface area contributed by atoms with E-state index < -0.39 is 0 Å². The molecule has 0 aromatic rings. The minimum absolute atomic E-state index is 0.0117. The highest BCUT2D eigenvalue weighted by atomic mass is 35.5. The van der Waals surface area contributed by atoms with Crippen molar-refractivity contribution in [2.75, 3.05) is 12.4 Å². The van der Waals surface area contributed by atoms with Crippen molar-refractivity contribution in [2.24, 2.45) is 11.8 Å². The van der Waals surface area contributed by atoms with Crippen LogP contribution in [0, 0.1) is 11.8 Å². The summed E-state index contributed by atoms with van der Waals surface area (Å²) < 4.78 is 0. The van der Waals surface area contributed by atoms with E-state index in [-0.39, 0.29) is 11.8 Å². The van der Waals surface area contributed by atoms with Crippen LogP contribution in [0.25, 0.3) is 0 Å². The first kappa shape index (κ1) is 12.2. The van der Waals surface area contributed by atoms with Crippen LogP contribution in [0.5, 0.6) is 0 Å². The number of hydrogen-bond acceptors (Lipinski definition) is 1. The van der Waals surface area contributed by atoms with Crippen molar-refractivity contribution in [3.05, 3.63) is 0 Å². The van der Waals surface area contributed by atoms with Crippen LogP contribution < -0.4 is 0 Å². The number of alkyl halides is 1. The first-order valence-electron chi connectivity index (χ1n) is 6.60. The minimum Gasteiger partial charge on any atom is -0.339 e. The standard InChI is InChI=1S/C13H22ClNO/c1-10(9-14)13(16)15-8-4-6-11-5-2-3-7-12(11)15/h10-12H,2-9H2,1H3/t10?,11-,12-/m1/s1. The molecule has 3 heteroatoms. The van der Waals surface area contributed by atoms with Crippen molar-refractivity contribution in [2.45, 2.75) is 51.5 Å². The predicted octanol–water partition coefficient (Wildman–Crippen LogP) is 3.04. The Morgan fingerprint density at radius 2 is 2.00 bits per heavy atom. The summed E-state index contributed by atoms with van der Waals surface area (Å²) in [5.41, 5.74) is 0. The van der Waals surface area contributed by atoms with Crippen LogP contribution >= 0.6 is 11.6 Å². The normalized spacial score (nSPS) is 32.0. The van der Waals surface area contributed by atoms with E-state index in [4.69, 9.17) is 11.6 Å². The van der Waals surface area contributed by atoms with Crippen LogP contribution in [0.3, 0.4) is 0 Å². The molecule has 92 valence electrons. The third-order valence-electron chi connectivity index (χ3n) is 4.18. The Morgan fingerprint density at radius 3 is 2.75 bits per heavy atom. The van der Waals surface area contributed by atoms with Crippen molar-refractivity contribution < 1.29 is 4.79 Å². The number of halogens is 1. The van der Waals surface area contributed by atoms with E-state index in [9.17, 15) is 4.79 Å². The molecule has 0 aromatic heterocycles. The number of rotatable bonds is 2. The first-order valence-corrected chi connectivity index (χ1v) is 7.14. The lowest BCUT2D eigenvalue weighted by Gasteiger charge is -2.45. The van der Waals surface area contributed by atoms with E-state index in [0.29, 0.717) is 11.9 Å². The molecule has 1 unspecified atom stereocenters. The van der Waals surface area contributed by atoms with Crippen molar-refractivity contribution in [1.82, 2.24) is 4.90 Å². The summed E-state index contributed by atoms with van der Waals surface area (Å²) in [6, 6.07) is 0.528. The number of amides is 1. The van der Waals surface area contributed by atoms with Crippen LogP contribution in [0.15, 0.2) is 0 Å². The van der Waals surface area contributed by atoms with Gasteiger partial charge in [-0.3, -0.25) is 4.79 Å². The van der Waals surface area contributed by atoms with Crippen molar-refractivity contribution in [3.63, 3.8) is 0 Å². The molecule has 0 N–H and O–H groups in total. The van der Waals surface area contributed by atoms with Gasteiger partial charge >= 0.3 is 0 Å². The molecular formula is C13H22ClNO. The molecule has 1 saturated carbocycles. The van der Waals surface area contributed by atoms with E-state index in [1.54, 1.807) is 0 Å². The summed E-state index contributed by atoms with van der Waals surface area (Å²) in [6.45, 7) is 2.91. The first-order chi connectivity index (χ1) is 7.74. The summed E-state index contributed by atoms with van der Waals surface area (Å²) in [7, 11) is 0. The Hall–Kier alpha value is -0.240. The van der Waals surface area contributed by atoms with Gasteiger partial charge in [-0.2, -0.15) is 0 Å². The molecule has 2 aliphatic rings. The van der Waals surface area contributed by atoms with Gasteiger partial charge in [-0.1, -0.05) is 19.8 Å². The van der Waals surface area contributed by atoms with Gasteiger partial charge in [0.2, 0.25) is 5.91 Å². The van der Waals surface area contributed by atoms with Gasteiger partial charge in [0.25, 0.3) is 0 Å². The molecule has 0 spiro atoms. The summed E-state index contributed by atoms with van der Waals surface area (Å²) in [5.74, 6) is 1.50. The molecule has 0 bridgehead atoms. The third-order valence-corrected chi connectivity index (χ3v) is 4.64. The molecule has 2 nitrogen and oxygen atoms in total. The van der Waals surface area contributed by atoms with Gasteiger partial charge in [0.1, 0.15) is 0 Å². The molecule has 1 aliphatic carbocycles. The SMILES string of the molecule is CC(CCl)C(=O)N1CCC[C@H]2CCCC[C@H]21. The lowest BCUT2D eigenvalue weighted by Crippen LogP contribution is -2.51. The Balaban J connectivity index is 2.04. The highest BCUT2D eigenvalue weighted by molar-refractivity contribution is 6.19. The van der Waals surface area contributed by atoms with E-state index in [1.807, 2.05) is 6.92 Å². The quantitative estimate of drug-likeness (QED) is 0.683. The second-order valence-corrected chi connectivity index (χ2v) is 5.65. The maximum atomic E-state index is 12.2. The maximum Gasteiger partial charge on any atom is 0.226 e. The number of carbonyl (C=O) groups is 1. The fourth-order valence-corrected chi connectivity index (χ4v) is 3.38. The zero-order chi connectivity index (χ0) is 11.5. The fraction of sp³-hybridized carbons (Fsp3) is 0.923. The van der Waals surface area contributed by atoms with Crippen LogP contribution in [0.4, 0.5) is 0 Å². The van der Waals surface area contributed by atoms with Gasteiger partial charge in [-0.15, -0.1) is 11.6 Å². The molecule has 16 heavy (non-hydrogen) atoms. The van der Waals surface area contributed by atoms with Gasteiger partial charge < -0.3 is 4.90 Å². The second kappa shape index (κ2) is 5.39. The minimum atomic E-state index is -0.0117. The molecular weight excluding hydrogens is 222 g/mol. The van der Waals surface area contributed by atoms with E-state index in [0.717, 1.165) is 12.5 Å². The van der Waals surface area contributed by atoms with E-state index in [1.165, 1.54) is 38.5 Å². The summed E-state index contributed by atoms with van der Waals surface area (Å²) in [6.07, 6.45) is 7.69. The molecule has 1 amide bonds. The highest BCUT2D eigenvalue weighted by Gasteiger charge is 2.36. The van der Waals surface area contributed by atoms with E-state index >= 15 is 0 Å². The molecule has 2 fully saturated rings. The zero-order valence-electron chi connectivity index (χ0n) is 10.1. The van der Waals surface area contributed by atoms with E-state index in [2.05, 4.69) is 4.90 Å². The maximum absolute atomic E-state index is 12.2. The van der Waals surface area contributed by atoms with Crippen LogP contribution in [-0.4, -0.2) is 29.3 Å². The smallest absolute Gasteiger partial charge is 0.226 e. The molecule has 1 aliphatic heterocycles. The van der Waals surface area contributed by atoms with Gasteiger partial charge in [-0.05, 0) is 31.6 Å².